The molecule has 0 spiro atoms. The van der Waals surface area contributed by atoms with Crippen LogP contribution in [0.2, 0.25) is 0 Å². The standard InChI is InChI=1S/C18H20O2/c1-20-18(13-3-2-4-16(19)10-13)17-14-6-11-5-12(8-14)9-15(17)7-11/h2-5,10-11,14-15,19H,6-9H2,1H3. The average Bonchev–Trinajstić information content (AvgIpc) is 2.42. The van der Waals surface area contributed by atoms with Crippen LogP contribution in [0.4, 0.5) is 0 Å². The molecule has 104 valence electrons. The van der Waals surface area contributed by atoms with Crippen molar-refractivity contribution in [2.75, 3.05) is 7.11 Å². The third kappa shape index (κ3) is 1.78. The molecule has 2 fully saturated rings. The summed E-state index contributed by atoms with van der Waals surface area (Å²) in [6.07, 6.45) is 7.51. The minimum absolute atomic E-state index is 0.309. The first-order valence-corrected chi connectivity index (χ1v) is 7.51. The topological polar surface area (TPSA) is 29.5 Å². The Balaban J connectivity index is 1.82. The normalized spacial score (nSPS) is 30.4. The van der Waals surface area contributed by atoms with E-state index in [1.165, 1.54) is 31.3 Å². The summed E-state index contributed by atoms with van der Waals surface area (Å²) in [5, 5.41) is 9.72. The predicted molar refractivity (Wildman–Crippen MR) is 79.1 cm³/mol. The fraction of sp³-hybridized carbons (Fsp3) is 0.444. The van der Waals surface area contributed by atoms with Crippen molar-refractivity contribution in [1.82, 2.24) is 0 Å². The number of phenols is 1. The maximum atomic E-state index is 9.72. The van der Waals surface area contributed by atoms with E-state index in [4.69, 9.17) is 4.74 Å². The van der Waals surface area contributed by atoms with Crippen LogP contribution in [-0.4, -0.2) is 12.2 Å². The molecule has 2 nitrogen and oxygen atoms in total. The van der Waals surface area contributed by atoms with Crippen LogP contribution in [0.15, 0.2) is 41.5 Å². The fourth-order valence-corrected chi connectivity index (χ4v) is 4.54. The van der Waals surface area contributed by atoms with Gasteiger partial charge in [0, 0.05) is 5.56 Å². The number of hydrogen-bond donors (Lipinski definition) is 1. The lowest BCUT2D eigenvalue weighted by molar-refractivity contribution is 0.234. The van der Waals surface area contributed by atoms with Crippen LogP contribution in [-0.2, 0) is 4.74 Å². The summed E-state index contributed by atoms with van der Waals surface area (Å²) in [5.74, 6) is 3.43. The lowest BCUT2D eigenvalue weighted by Gasteiger charge is -2.47. The lowest BCUT2D eigenvalue weighted by Crippen LogP contribution is -2.35. The summed E-state index contributed by atoms with van der Waals surface area (Å²) in [7, 11) is 1.76. The van der Waals surface area contributed by atoms with Crippen molar-refractivity contribution in [2.45, 2.75) is 25.7 Å². The predicted octanol–water partition coefficient (Wildman–Crippen LogP) is 4.13. The van der Waals surface area contributed by atoms with Crippen LogP contribution in [0.3, 0.4) is 0 Å². The van der Waals surface area contributed by atoms with Crippen molar-refractivity contribution in [3.63, 3.8) is 0 Å². The fourth-order valence-electron chi connectivity index (χ4n) is 4.54. The van der Waals surface area contributed by atoms with Crippen LogP contribution in [0, 0.1) is 17.8 Å². The zero-order chi connectivity index (χ0) is 13.7. The van der Waals surface area contributed by atoms with Gasteiger partial charge in [0.1, 0.15) is 11.5 Å². The monoisotopic (exact) mass is 268 g/mol. The van der Waals surface area contributed by atoms with Gasteiger partial charge in [0.25, 0.3) is 0 Å². The maximum Gasteiger partial charge on any atom is 0.125 e. The molecule has 2 saturated carbocycles. The van der Waals surface area contributed by atoms with Gasteiger partial charge in [0.05, 0.1) is 7.11 Å². The summed E-state index contributed by atoms with van der Waals surface area (Å²) in [5.41, 5.74) is 4.19. The first-order valence-electron chi connectivity index (χ1n) is 7.51. The molecule has 4 aliphatic rings. The van der Waals surface area contributed by atoms with Crippen molar-refractivity contribution in [2.24, 2.45) is 17.8 Å². The van der Waals surface area contributed by atoms with Crippen LogP contribution in [0.1, 0.15) is 31.2 Å². The van der Waals surface area contributed by atoms with Gasteiger partial charge in [-0.25, -0.2) is 0 Å². The van der Waals surface area contributed by atoms with Gasteiger partial charge >= 0.3 is 0 Å². The SMILES string of the molecule is COC(=C1C2CC3=CC(C2)CC1C3)c1cccc(O)c1. The highest BCUT2D eigenvalue weighted by molar-refractivity contribution is 5.66. The minimum atomic E-state index is 0.309. The van der Waals surface area contributed by atoms with Crippen LogP contribution in [0.5, 0.6) is 5.75 Å². The summed E-state index contributed by atoms with van der Waals surface area (Å²) in [4.78, 5) is 0. The molecule has 0 aromatic heterocycles. The number of hydrogen-bond acceptors (Lipinski definition) is 2. The van der Waals surface area contributed by atoms with E-state index in [-0.39, 0.29) is 0 Å². The molecule has 1 aromatic rings. The molecule has 4 aliphatic carbocycles. The van der Waals surface area contributed by atoms with Crippen LogP contribution >= 0.6 is 0 Å². The zero-order valence-electron chi connectivity index (χ0n) is 11.8. The molecule has 0 heterocycles. The van der Waals surface area contributed by atoms with Gasteiger partial charge in [-0.1, -0.05) is 23.8 Å². The summed E-state index contributed by atoms with van der Waals surface area (Å²) >= 11 is 0. The average molecular weight is 268 g/mol. The molecular formula is C18H20O2. The molecule has 0 radical (unpaired) electrons. The number of methoxy groups -OCH3 is 1. The van der Waals surface area contributed by atoms with E-state index < -0.39 is 0 Å². The molecule has 0 amide bonds. The van der Waals surface area contributed by atoms with E-state index in [0.717, 1.165) is 17.2 Å². The Kier molecular flexibility index (Phi) is 2.66. The van der Waals surface area contributed by atoms with Crippen molar-refractivity contribution < 1.29 is 9.84 Å². The van der Waals surface area contributed by atoms with Crippen molar-refractivity contribution in [3.05, 3.63) is 47.1 Å². The van der Waals surface area contributed by atoms with Gasteiger partial charge in [-0.2, -0.15) is 0 Å². The molecule has 0 aliphatic heterocycles. The van der Waals surface area contributed by atoms with E-state index >= 15 is 0 Å². The Hall–Kier alpha value is -1.70. The van der Waals surface area contributed by atoms with E-state index in [1.54, 1.807) is 18.7 Å². The summed E-state index contributed by atoms with van der Waals surface area (Å²) in [6, 6.07) is 7.46. The van der Waals surface area contributed by atoms with E-state index in [9.17, 15) is 5.11 Å². The second-order valence-corrected chi connectivity index (χ2v) is 6.40. The second kappa shape index (κ2) is 4.41. The first kappa shape index (κ1) is 12.1. The highest BCUT2D eigenvalue weighted by atomic mass is 16.5. The number of rotatable bonds is 2. The van der Waals surface area contributed by atoms with Gasteiger partial charge in [-0.05, 0) is 61.1 Å². The molecule has 1 aromatic carbocycles. The van der Waals surface area contributed by atoms with Gasteiger partial charge in [0.15, 0.2) is 0 Å². The van der Waals surface area contributed by atoms with Crippen molar-refractivity contribution >= 4 is 5.76 Å². The number of aromatic hydroxyl groups is 1. The van der Waals surface area contributed by atoms with E-state index in [0.29, 0.717) is 17.6 Å². The van der Waals surface area contributed by atoms with Crippen LogP contribution < -0.4 is 0 Å². The smallest absolute Gasteiger partial charge is 0.125 e. The third-order valence-corrected chi connectivity index (χ3v) is 5.12. The molecule has 2 heteroatoms. The van der Waals surface area contributed by atoms with Gasteiger partial charge in [-0.15, -0.1) is 0 Å². The van der Waals surface area contributed by atoms with E-state index in [2.05, 4.69) is 6.08 Å². The van der Waals surface area contributed by atoms with Gasteiger partial charge in [0.2, 0.25) is 0 Å². The highest BCUT2D eigenvalue weighted by Gasteiger charge is 2.42. The first-order chi connectivity index (χ1) is 9.74. The lowest BCUT2D eigenvalue weighted by atomic mass is 9.58. The molecule has 2 atom stereocenters. The summed E-state index contributed by atoms with van der Waals surface area (Å²) in [6.45, 7) is 0. The Morgan fingerprint density at radius 2 is 1.95 bits per heavy atom. The van der Waals surface area contributed by atoms with Crippen molar-refractivity contribution in [3.8, 4) is 5.75 Å². The Morgan fingerprint density at radius 3 is 2.55 bits per heavy atom. The Labute approximate surface area is 119 Å². The zero-order valence-corrected chi connectivity index (χ0v) is 11.8. The van der Waals surface area contributed by atoms with Gasteiger partial charge in [-0.3, -0.25) is 0 Å². The number of allylic oxidation sites excluding steroid dienone is 3. The third-order valence-electron chi connectivity index (χ3n) is 5.12. The van der Waals surface area contributed by atoms with E-state index in [1.807, 2.05) is 18.2 Å². The van der Waals surface area contributed by atoms with Crippen LogP contribution in [0.25, 0.3) is 5.76 Å². The molecular weight excluding hydrogens is 248 g/mol. The molecule has 5 rings (SSSR count). The molecule has 4 bridgehead atoms. The number of ether oxygens (including phenoxy) is 1. The Morgan fingerprint density at radius 1 is 1.20 bits per heavy atom. The Bertz CT molecular complexity index is 592. The molecule has 20 heavy (non-hydrogen) atoms. The second-order valence-electron chi connectivity index (χ2n) is 6.40. The minimum Gasteiger partial charge on any atom is -0.508 e. The molecule has 1 N–H and O–H groups in total. The summed E-state index contributed by atoms with van der Waals surface area (Å²) < 4.78 is 5.77. The molecule has 2 unspecified atom stereocenters. The molecule has 0 saturated heterocycles. The quantitative estimate of drug-likeness (QED) is 0.645. The van der Waals surface area contributed by atoms with Gasteiger partial charge < -0.3 is 9.84 Å². The number of phenolic OH excluding ortho intramolecular Hbond substituents is 1. The maximum absolute atomic E-state index is 9.72. The number of benzene rings is 1. The van der Waals surface area contributed by atoms with Crippen molar-refractivity contribution in [1.29, 1.82) is 0 Å². The largest absolute Gasteiger partial charge is 0.508 e. The highest BCUT2D eigenvalue weighted by Crippen LogP contribution is 2.55.